The molecule has 0 N–H and O–H groups in total. The van der Waals surface area contributed by atoms with Crippen molar-refractivity contribution < 1.29 is 14.3 Å². The number of carbonyl (C=O) groups is 2. The van der Waals surface area contributed by atoms with Crippen LogP contribution in [0.3, 0.4) is 0 Å². The number of hydrogen-bond acceptors (Lipinski definition) is 5. The average Bonchev–Trinajstić information content (AvgIpc) is 3.33. The molecule has 2 bridgehead atoms. The maximum atomic E-state index is 13.4. The second-order valence-electron chi connectivity index (χ2n) is 8.02. The summed E-state index contributed by atoms with van der Waals surface area (Å²) >= 11 is 0. The molecule has 2 aromatic rings. The number of ether oxygens (including phenoxy) is 1. The van der Waals surface area contributed by atoms with E-state index in [-0.39, 0.29) is 23.6 Å². The molecule has 1 aromatic carbocycles. The first kappa shape index (κ1) is 16.6. The highest BCUT2D eigenvalue weighted by molar-refractivity contribution is 6.18. The van der Waals surface area contributed by atoms with Crippen molar-refractivity contribution in [3.05, 3.63) is 52.4 Å². The summed E-state index contributed by atoms with van der Waals surface area (Å²) in [6.45, 7) is 6.00. The summed E-state index contributed by atoms with van der Waals surface area (Å²) in [4.78, 5) is 26.7. The first-order valence-electron chi connectivity index (χ1n) is 9.26. The minimum absolute atomic E-state index is 0.00185. The lowest BCUT2D eigenvalue weighted by Crippen LogP contribution is -2.28. The minimum atomic E-state index is -0.677. The number of hydrogen-bond donors (Lipinski definition) is 0. The van der Waals surface area contributed by atoms with Gasteiger partial charge in [0.1, 0.15) is 11.6 Å². The number of fused-ring (bicyclic) bond motifs is 5. The topological polar surface area (TPSA) is 74.1 Å². The lowest BCUT2D eigenvalue weighted by molar-refractivity contribution is -0.127. The van der Waals surface area contributed by atoms with Gasteiger partial charge >= 0.3 is 0 Å². The third-order valence-electron chi connectivity index (χ3n) is 6.17. The monoisotopic (exact) mass is 363 g/mol. The molecule has 1 saturated heterocycles. The Morgan fingerprint density at radius 1 is 1.04 bits per heavy atom. The van der Waals surface area contributed by atoms with Crippen LogP contribution in [0.4, 0.5) is 0 Å². The van der Waals surface area contributed by atoms with Gasteiger partial charge in [-0.25, -0.2) is 0 Å². The highest BCUT2D eigenvalue weighted by Crippen LogP contribution is 2.54. The van der Waals surface area contributed by atoms with Crippen LogP contribution in [0.5, 0.6) is 0 Å². The van der Waals surface area contributed by atoms with Gasteiger partial charge in [0.05, 0.1) is 30.2 Å². The maximum absolute atomic E-state index is 13.4. The van der Waals surface area contributed by atoms with Gasteiger partial charge < -0.3 is 4.74 Å². The highest BCUT2D eigenvalue weighted by atomic mass is 16.5. The summed E-state index contributed by atoms with van der Waals surface area (Å²) < 4.78 is 7.64. The Hall–Kier alpha value is -2.60. The Bertz CT molecular complexity index is 1010. The number of nitrogens with zero attached hydrogens (tertiary/aromatic N) is 3. The maximum Gasteiger partial charge on any atom is 0.154 e. The zero-order chi connectivity index (χ0) is 19.0. The largest absolute Gasteiger partial charge is 0.365 e. The van der Waals surface area contributed by atoms with Gasteiger partial charge in [0.2, 0.25) is 0 Å². The van der Waals surface area contributed by atoms with Gasteiger partial charge in [-0.15, -0.1) is 5.10 Å². The van der Waals surface area contributed by atoms with Gasteiger partial charge in [0.25, 0.3) is 0 Å². The van der Waals surface area contributed by atoms with Gasteiger partial charge in [-0.2, -0.15) is 0 Å². The van der Waals surface area contributed by atoms with E-state index in [4.69, 9.17) is 4.74 Å². The number of carbonyl (C=O) groups excluding carboxylic acids is 2. The summed E-state index contributed by atoms with van der Waals surface area (Å²) in [5.74, 6) is -1.49. The SMILES string of the molecule is Cc1cc(C)c(C2C(=O)[C@@H]3[C@H](C2=O)[C@@H]2O[C@H]3C=C2c2cn(C)nn2)c(C)c1. The predicted octanol–water partition coefficient (Wildman–Crippen LogP) is 2.07. The van der Waals surface area contributed by atoms with E-state index in [1.54, 1.807) is 11.7 Å². The fraction of sp³-hybridized carbons (Fsp3) is 0.429. The molecule has 1 aromatic heterocycles. The number of aryl methyl sites for hydroxylation is 4. The van der Waals surface area contributed by atoms with E-state index in [0.29, 0.717) is 0 Å². The lowest BCUT2D eigenvalue weighted by atomic mass is 9.80. The molecule has 1 unspecified atom stereocenters. The van der Waals surface area contributed by atoms with E-state index < -0.39 is 17.9 Å². The Morgan fingerprint density at radius 2 is 1.70 bits per heavy atom. The summed E-state index contributed by atoms with van der Waals surface area (Å²) in [7, 11) is 1.80. The summed E-state index contributed by atoms with van der Waals surface area (Å²) in [6, 6.07) is 4.09. The third-order valence-corrected chi connectivity index (χ3v) is 6.17. The van der Waals surface area contributed by atoms with Crippen LogP contribution < -0.4 is 0 Å². The van der Waals surface area contributed by atoms with E-state index in [1.807, 2.05) is 45.2 Å². The molecule has 3 heterocycles. The zero-order valence-corrected chi connectivity index (χ0v) is 15.8. The van der Waals surface area contributed by atoms with Gasteiger partial charge in [0, 0.05) is 12.6 Å². The Balaban J connectivity index is 1.55. The lowest BCUT2D eigenvalue weighted by Gasteiger charge is -2.19. The second kappa shape index (κ2) is 5.45. The van der Waals surface area contributed by atoms with E-state index >= 15 is 0 Å². The molecule has 5 rings (SSSR count). The molecule has 2 fully saturated rings. The smallest absolute Gasteiger partial charge is 0.154 e. The van der Waals surface area contributed by atoms with Gasteiger partial charge in [0.15, 0.2) is 11.6 Å². The number of rotatable bonds is 2. The molecule has 3 aliphatic rings. The quantitative estimate of drug-likeness (QED) is 0.764. The Kier molecular flexibility index (Phi) is 3.35. The number of aromatic nitrogens is 3. The Morgan fingerprint density at radius 3 is 2.33 bits per heavy atom. The molecule has 1 saturated carbocycles. The van der Waals surface area contributed by atoms with E-state index in [9.17, 15) is 9.59 Å². The predicted molar refractivity (Wildman–Crippen MR) is 98.0 cm³/mol. The van der Waals surface area contributed by atoms with Crippen LogP contribution in [-0.4, -0.2) is 38.8 Å². The molecule has 6 heteroatoms. The molecular formula is C21H21N3O3. The molecule has 138 valence electrons. The van der Waals surface area contributed by atoms with Crippen molar-refractivity contribution in [3.8, 4) is 0 Å². The van der Waals surface area contributed by atoms with Crippen LogP contribution in [-0.2, 0) is 21.4 Å². The molecule has 1 aliphatic carbocycles. The van der Waals surface area contributed by atoms with Crippen LogP contribution in [0.15, 0.2) is 24.4 Å². The zero-order valence-electron chi connectivity index (χ0n) is 15.8. The van der Waals surface area contributed by atoms with Gasteiger partial charge in [-0.1, -0.05) is 22.9 Å². The van der Waals surface area contributed by atoms with Crippen LogP contribution in [0.1, 0.15) is 33.9 Å². The van der Waals surface area contributed by atoms with Crippen LogP contribution >= 0.6 is 0 Å². The fourth-order valence-corrected chi connectivity index (χ4v) is 5.24. The van der Waals surface area contributed by atoms with Crippen LogP contribution in [0.25, 0.3) is 5.57 Å². The minimum Gasteiger partial charge on any atom is -0.365 e. The molecule has 0 radical (unpaired) electrons. The molecule has 27 heavy (non-hydrogen) atoms. The number of ketones is 2. The molecule has 5 atom stereocenters. The molecular weight excluding hydrogens is 342 g/mol. The van der Waals surface area contributed by atoms with E-state index in [1.165, 1.54) is 0 Å². The van der Waals surface area contributed by atoms with E-state index in [0.717, 1.165) is 33.5 Å². The van der Waals surface area contributed by atoms with Crippen molar-refractivity contribution in [1.82, 2.24) is 15.0 Å². The van der Waals surface area contributed by atoms with E-state index in [2.05, 4.69) is 10.3 Å². The van der Waals surface area contributed by atoms with Crippen molar-refractivity contribution in [2.24, 2.45) is 18.9 Å². The third kappa shape index (κ3) is 2.16. The number of Topliss-reactive ketones (excluding diaryl/α,β-unsaturated/α-hetero) is 2. The van der Waals surface area contributed by atoms with Crippen molar-refractivity contribution in [2.75, 3.05) is 0 Å². The number of benzene rings is 1. The molecule has 0 amide bonds. The van der Waals surface area contributed by atoms with Crippen LogP contribution in [0, 0.1) is 32.6 Å². The second-order valence-corrected chi connectivity index (χ2v) is 8.02. The summed E-state index contributed by atoms with van der Waals surface area (Å²) in [5, 5.41) is 8.14. The highest BCUT2D eigenvalue weighted by Gasteiger charge is 2.63. The first-order valence-corrected chi connectivity index (χ1v) is 9.26. The molecule has 6 nitrogen and oxygen atoms in total. The van der Waals surface area contributed by atoms with Crippen LogP contribution in [0.2, 0.25) is 0 Å². The van der Waals surface area contributed by atoms with Gasteiger partial charge in [-0.3, -0.25) is 14.3 Å². The molecule has 2 aliphatic heterocycles. The van der Waals surface area contributed by atoms with Gasteiger partial charge in [-0.05, 0) is 43.5 Å². The summed E-state index contributed by atoms with van der Waals surface area (Å²) in [5.41, 5.74) is 5.64. The fourth-order valence-electron chi connectivity index (χ4n) is 5.24. The van der Waals surface area contributed by atoms with Crippen molar-refractivity contribution in [3.63, 3.8) is 0 Å². The normalized spacial score (nSPS) is 31.6. The average molecular weight is 363 g/mol. The first-order chi connectivity index (χ1) is 12.9. The standard InChI is InChI=1S/C21H21N3O3/c1-9-5-10(2)15(11(3)6-9)17-19(25)16-14-7-12(13-8-24(4)23-22-13)21(27-14)18(16)20(17)26/h5-8,14,16-18,21H,1-4H3/t14-,16-,17?,18+,21+/m0/s1. The summed E-state index contributed by atoms with van der Waals surface area (Å²) in [6.07, 6.45) is 3.03. The molecule has 0 spiro atoms. The van der Waals surface area contributed by atoms with Crippen molar-refractivity contribution in [1.29, 1.82) is 0 Å². The van der Waals surface area contributed by atoms with Crippen molar-refractivity contribution in [2.45, 2.75) is 38.9 Å². The Labute approximate surface area is 157 Å². The van der Waals surface area contributed by atoms with Crippen molar-refractivity contribution >= 4 is 17.1 Å².